The first kappa shape index (κ1) is 20.6. The van der Waals surface area contributed by atoms with Crippen molar-refractivity contribution in [3.63, 3.8) is 0 Å². The van der Waals surface area contributed by atoms with E-state index in [9.17, 15) is 40.6 Å². The monoisotopic (exact) mass is 350 g/mol. The number of nitrogens with zero attached hydrogens (tertiary/aromatic N) is 4. The van der Waals surface area contributed by atoms with E-state index in [1.807, 2.05) is 0 Å². The summed E-state index contributed by atoms with van der Waals surface area (Å²) in [6.45, 7) is -5.45. The van der Waals surface area contributed by atoms with E-state index in [0.29, 0.717) is 0 Å². The summed E-state index contributed by atoms with van der Waals surface area (Å²) < 4.78 is 104. The van der Waals surface area contributed by atoms with Crippen LogP contribution in [-0.2, 0) is 9.47 Å². The highest BCUT2D eigenvalue weighted by Gasteiger charge is 2.27. The minimum atomic E-state index is -2.20. The summed E-state index contributed by atoms with van der Waals surface area (Å²) in [4.78, 5) is 10.9. The molecular formula is C7H10F8N4O3. The van der Waals surface area contributed by atoms with Crippen LogP contribution in [-0.4, -0.2) is 65.9 Å². The Morgan fingerprint density at radius 3 is 1.27 bits per heavy atom. The predicted molar refractivity (Wildman–Crippen MR) is 50.8 cm³/mol. The van der Waals surface area contributed by atoms with Crippen molar-refractivity contribution in [2.24, 2.45) is 0 Å². The average molecular weight is 350 g/mol. The van der Waals surface area contributed by atoms with Gasteiger partial charge in [0.1, 0.15) is 25.3 Å². The number of carbonyl (C=O) groups excluding carboxylic acids is 1. The highest BCUT2D eigenvalue weighted by atomic mass is 19.4. The maximum atomic E-state index is 12.1. The normalized spacial score (nSPS) is 14.7. The SMILES string of the molecule is O=C(OCC(CN(F)F)N(F)F)OCC(CN(F)F)N(F)F. The summed E-state index contributed by atoms with van der Waals surface area (Å²) in [5.74, 6) is 0. The molecule has 0 aliphatic heterocycles. The molecule has 0 fully saturated rings. The van der Waals surface area contributed by atoms with Crippen molar-refractivity contribution in [2.75, 3.05) is 26.3 Å². The van der Waals surface area contributed by atoms with Crippen LogP contribution in [0.2, 0.25) is 0 Å². The lowest BCUT2D eigenvalue weighted by Crippen LogP contribution is -2.37. The molecule has 132 valence electrons. The van der Waals surface area contributed by atoms with Crippen LogP contribution in [0, 0.1) is 0 Å². The van der Waals surface area contributed by atoms with Crippen molar-refractivity contribution in [3.05, 3.63) is 0 Å². The number of hydrogen-bond donors (Lipinski definition) is 0. The third kappa shape index (κ3) is 9.48. The quantitative estimate of drug-likeness (QED) is 0.340. The zero-order valence-corrected chi connectivity index (χ0v) is 10.5. The van der Waals surface area contributed by atoms with Gasteiger partial charge in [0.15, 0.2) is 0 Å². The predicted octanol–water partition coefficient (Wildman–Crippen LogP) is 2.16. The summed E-state index contributed by atoms with van der Waals surface area (Å²) >= 11 is 0. The number of hydrogen-bond acceptors (Lipinski definition) is 7. The first-order valence-electron chi connectivity index (χ1n) is 5.32. The van der Waals surface area contributed by atoms with Gasteiger partial charge < -0.3 is 9.47 Å². The van der Waals surface area contributed by atoms with Crippen LogP contribution in [0.5, 0.6) is 0 Å². The van der Waals surface area contributed by atoms with Crippen LogP contribution in [0.1, 0.15) is 0 Å². The molecule has 2 atom stereocenters. The summed E-state index contributed by atoms with van der Waals surface area (Å²) in [5, 5.41) is -6.50. The third-order valence-corrected chi connectivity index (χ3v) is 2.04. The van der Waals surface area contributed by atoms with Gasteiger partial charge in [-0.2, -0.15) is 0 Å². The molecule has 15 heteroatoms. The zero-order valence-electron chi connectivity index (χ0n) is 10.5. The molecule has 0 amide bonds. The van der Waals surface area contributed by atoms with Crippen molar-refractivity contribution >= 4 is 6.16 Å². The van der Waals surface area contributed by atoms with Gasteiger partial charge in [0, 0.05) is 21.4 Å². The molecule has 0 rings (SSSR count). The molecule has 0 aliphatic rings. The van der Waals surface area contributed by atoms with E-state index in [1.165, 1.54) is 0 Å². The molecule has 0 N–H and O–H groups in total. The van der Waals surface area contributed by atoms with Crippen LogP contribution in [0.4, 0.5) is 40.6 Å². The molecule has 0 saturated carbocycles. The van der Waals surface area contributed by atoms with Gasteiger partial charge in [-0.1, -0.05) is 0 Å². The molecule has 0 radical (unpaired) electrons. The molecule has 0 bridgehead atoms. The lowest BCUT2D eigenvalue weighted by molar-refractivity contribution is -0.240. The second kappa shape index (κ2) is 10.3. The van der Waals surface area contributed by atoms with Crippen LogP contribution >= 0.6 is 0 Å². The fourth-order valence-electron chi connectivity index (χ4n) is 1.03. The Morgan fingerprint density at radius 2 is 1.05 bits per heavy atom. The smallest absolute Gasteiger partial charge is 0.432 e. The Kier molecular flexibility index (Phi) is 9.63. The lowest BCUT2D eigenvalue weighted by atomic mass is 10.3. The van der Waals surface area contributed by atoms with Gasteiger partial charge in [-0.3, -0.25) is 0 Å². The second-order valence-corrected chi connectivity index (χ2v) is 3.67. The Bertz CT molecular complexity index is 296. The molecular weight excluding hydrogens is 340 g/mol. The Labute approximate surface area is 117 Å². The average Bonchev–Trinajstić information content (AvgIpc) is 2.37. The Morgan fingerprint density at radius 1 is 0.727 bits per heavy atom. The molecule has 2 unspecified atom stereocenters. The fraction of sp³-hybridized carbons (Fsp3) is 0.857. The van der Waals surface area contributed by atoms with E-state index in [2.05, 4.69) is 9.47 Å². The van der Waals surface area contributed by atoms with Crippen molar-refractivity contribution in [2.45, 2.75) is 12.1 Å². The van der Waals surface area contributed by atoms with Gasteiger partial charge in [0.25, 0.3) is 0 Å². The van der Waals surface area contributed by atoms with Crippen LogP contribution in [0.3, 0.4) is 0 Å². The molecule has 0 aliphatic carbocycles. The third-order valence-electron chi connectivity index (χ3n) is 2.04. The largest absolute Gasteiger partial charge is 0.508 e. The molecule has 0 aromatic carbocycles. The van der Waals surface area contributed by atoms with Crippen LogP contribution < -0.4 is 0 Å². The molecule has 0 spiro atoms. The topological polar surface area (TPSA) is 48.5 Å². The van der Waals surface area contributed by atoms with Crippen molar-refractivity contribution in [3.8, 4) is 0 Å². The summed E-state index contributed by atoms with van der Waals surface area (Å²) in [5.41, 5.74) is 0. The van der Waals surface area contributed by atoms with Crippen LogP contribution in [0.25, 0.3) is 0 Å². The van der Waals surface area contributed by atoms with Gasteiger partial charge in [-0.05, 0) is 0 Å². The lowest BCUT2D eigenvalue weighted by Gasteiger charge is -2.18. The van der Waals surface area contributed by atoms with E-state index in [1.54, 1.807) is 0 Å². The molecule has 0 aromatic rings. The van der Waals surface area contributed by atoms with Gasteiger partial charge >= 0.3 is 6.16 Å². The zero-order chi connectivity index (χ0) is 17.3. The minimum absolute atomic E-state index is 1.24. The Hall–Kier alpha value is -1.45. The van der Waals surface area contributed by atoms with E-state index in [0.717, 1.165) is 0 Å². The van der Waals surface area contributed by atoms with Gasteiger partial charge in [-0.25, -0.2) is 4.79 Å². The van der Waals surface area contributed by atoms with E-state index in [-0.39, 0.29) is 0 Å². The Balaban J connectivity index is 4.20. The summed E-state index contributed by atoms with van der Waals surface area (Å²) in [7, 11) is 0. The van der Waals surface area contributed by atoms with E-state index < -0.39 is 65.9 Å². The maximum absolute atomic E-state index is 12.1. The highest BCUT2D eigenvalue weighted by Crippen LogP contribution is 2.08. The molecule has 0 aromatic heterocycles. The molecule has 0 saturated heterocycles. The van der Waals surface area contributed by atoms with Gasteiger partial charge in [0.05, 0.1) is 13.1 Å². The van der Waals surface area contributed by atoms with Crippen molar-refractivity contribution < 1.29 is 50.1 Å². The van der Waals surface area contributed by atoms with E-state index >= 15 is 0 Å². The highest BCUT2D eigenvalue weighted by molar-refractivity contribution is 5.59. The number of halogens is 8. The molecule has 0 heterocycles. The number of carbonyl (C=O) groups is 1. The van der Waals surface area contributed by atoms with Gasteiger partial charge in [-0.15, -0.1) is 35.9 Å². The minimum Gasteiger partial charge on any atom is -0.432 e. The first-order chi connectivity index (χ1) is 10.1. The summed E-state index contributed by atoms with van der Waals surface area (Å²) in [6.07, 6.45) is -1.76. The standard InChI is InChI=1S/C7H10F8N4O3/c8-16(9)1-5(18(12)13)3-21-7(20)22-4-6(19(14)15)2-17(10)11/h5-6H,1-4H2. The van der Waals surface area contributed by atoms with Gasteiger partial charge in [0.2, 0.25) is 0 Å². The van der Waals surface area contributed by atoms with Crippen molar-refractivity contribution in [1.29, 1.82) is 0 Å². The van der Waals surface area contributed by atoms with Crippen molar-refractivity contribution in [1.82, 2.24) is 21.4 Å². The fourth-order valence-corrected chi connectivity index (χ4v) is 1.03. The van der Waals surface area contributed by atoms with Crippen LogP contribution in [0.15, 0.2) is 0 Å². The first-order valence-corrected chi connectivity index (χ1v) is 5.32. The van der Waals surface area contributed by atoms with E-state index in [4.69, 9.17) is 0 Å². The number of rotatable bonds is 10. The molecule has 22 heavy (non-hydrogen) atoms. The number of ether oxygens (including phenoxy) is 2. The summed E-state index contributed by atoms with van der Waals surface area (Å²) in [6, 6.07) is -4.41. The maximum Gasteiger partial charge on any atom is 0.508 e. The second-order valence-electron chi connectivity index (χ2n) is 3.67. The molecule has 7 nitrogen and oxygen atoms in total.